The molecule has 14 heavy (non-hydrogen) atoms. The Morgan fingerprint density at radius 3 is 2.57 bits per heavy atom. The highest BCUT2D eigenvalue weighted by atomic mass is 14.9. The summed E-state index contributed by atoms with van der Waals surface area (Å²) in [4.78, 5) is 4.01. The second-order valence-corrected chi connectivity index (χ2v) is 3.89. The maximum atomic E-state index is 6.21. The van der Waals surface area contributed by atoms with Gasteiger partial charge in [0.2, 0.25) is 0 Å². The number of nitrogens with one attached hydrogen (secondary N) is 1. The summed E-state index contributed by atoms with van der Waals surface area (Å²) in [5, 5.41) is 3.35. The zero-order valence-corrected chi connectivity index (χ0v) is 8.32. The molecule has 1 fully saturated rings. The summed E-state index contributed by atoms with van der Waals surface area (Å²) in [5.41, 5.74) is 7.43. The molecule has 1 unspecified atom stereocenters. The van der Waals surface area contributed by atoms with E-state index in [4.69, 9.17) is 5.73 Å². The first-order chi connectivity index (χ1) is 6.88. The highest BCUT2D eigenvalue weighted by Crippen LogP contribution is 2.25. The Bertz CT molecular complexity index is 267. The minimum Gasteiger partial charge on any atom is -0.324 e. The molecule has 0 saturated carbocycles. The van der Waals surface area contributed by atoms with E-state index in [0.717, 1.165) is 13.1 Å². The molecule has 1 aliphatic heterocycles. The van der Waals surface area contributed by atoms with Crippen LogP contribution < -0.4 is 11.1 Å². The Kier molecular flexibility index (Phi) is 3.11. The van der Waals surface area contributed by atoms with E-state index in [1.54, 1.807) is 0 Å². The van der Waals surface area contributed by atoms with Crippen LogP contribution in [0, 0.1) is 5.92 Å². The van der Waals surface area contributed by atoms with Gasteiger partial charge in [-0.1, -0.05) is 0 Å². The number of pyridine rings is 1. The van der Waals surface area contributed by atoms with E-state index in [-0.39, 0.29) is 6.04 Å². The number of hydrogen-bond acceptors (Lipinski definition) is 3. The third-order valence-corrected chi connectivity index (χ3v) is 2.98. The summed E-state index contributed by atoms with van der Waals surface area (Å²) in [6.45, 7) is 2.20. The maximum Gasteiger partial charge on any atom is 0.0325 e. The van der Waals surface area contributed by atoms with Crippen LogP contribution in [0.25, 0.3) is 0 Å². The van der Waals surface area contributed by atoms with E-state index in [1.807, 2.05) is 24.5 Å². The van der Waals surface area contributed by atoms with Crippen molar-refractivity contribution in [1.82, 2.24) is 10.3 Å². The standard InChI is InChI=1S/C11H17N3/c12-11(9-1-5-13-6-2-9)10-3-7-14-8-4-10/h1-2,5-6,10-11,14H,3-4,7-8,12H2. The van der Waals surface area contributed by atoms with Crippen LogP contribution in [-0.4, -0.2) is 18.1 Å². The minimum absolute atomic E-state index is 0.181. The van der Waals surface area contributed by atoms with Gasteiger partial charge >= 0.3 is 0 Å². The largest absolute Gasteiger partial charge is 0.324 e. The maximum absolute atomic E-state index is 6.21. The Labute approximate surface area is 84.7 Å². The van der Waals surface area contributed by atoms with Gasteiger partial charge < -0.3 is 11.1 Å². The van der Waals surface area contributed by atoms with Crippen LogP contribution in [0.3, 0.4) is 0 Å². The van der Waals surface area contributed by atoms with Crippen molar-refractivity contribution >= 4 is 0 Å². The molecule has 3 nitrogen and oxygen atoms in total. The summed E-state index contributed by atoms with van der Waals surface area (Å²) in [7, 11) is 0. The fourth-order valence-corrected chi connectivity index (χ4v) is 2.06. The Hall–Kier alpha value is -0.930. The number of nitrogens with zero attached hydrogens (tertiary/aromatic N) is 1. The molecule has 2 rings (SSSR count). The first-order valence-corrected chi connectivity index (χ1v) is 5.24. The van der Waals surface area contributed by atoms with E-state index >= 15 is 0 Å². The summed E-state index contributed by atoms with van der Waals surface area (Å²) in [6.07, 6.45) is 6.00. The molecule has 0 radical (unpaired) electrons. The molecule has 0 aromatic carbocycles. The van der Waals surface area contributed by atoms with E-state index in [0.29, 0.717) is 5.92 Å². The van der Waals surface area contributed by atoms with Crippen molar-refractivity contribution < 1.29 is 0 Å². The SMILES string of the molecule is NC(c1ccncc1)C1CCNCC1. The van der Waals surface area contributed by atoms with Gasteiger partial charge in [0.25, 0.3) is 0 Å². The van der Waals surface area contributed by atoms with Crippen LogP contribution in [0.1, 0.15) is 24.4 Å². The molecule has 1 aromatic rings. The predicted octanol–water partition coefficient (Wildman–Crippen LogP) is 1.08. The zero-order valence-electron chi connectivity index (χ0n) is 8.32. The quantitative estimate of drug-likeness (QED) is 0.735. The number of nitrogens with two attached hydrogens (primary N) is 1. The molecule has 1 saturated heterocycles. The minimum atomic E-state index is 0.181. The average molecular weight is 191 g/mol. The van der Waals surface area contributed by atoms with E-state index in [1.165, 1.54) is 18.4 Å². The Balaban J connectivity index is 2.03. The van der Waals surface area contributed by atoms with E-state index in [2.05, 4.69) is 10.3 Å². The molecule has 3 heteroatoms. The van der Waals surface area contributed by atoms with Gasteiger partial charge in [-0.2, -0.15) is 0 Å². The monoisotopic (exact) mass is 191 g/mol. The van der Waals surface area contributed by atoms with Crippen molar-refractivity contribution in [2.45, 2.75) is 18.9 Å². The Morgan fingerprint density at radius 1 is 1.29 bits per heavy atom. The van der Waals surface area contributed by atoms with Crippen LogP contribution in [0.2, 0.25) is 0 Å². The van der Waals surface area contributed by atoms with Crippen molar-refractivity contribution in [2.75, 3.05) is 13.1 Å². The number of rotatable bonds is 2. The summed E-state index contributed by atoms with van der Waals surface area (Å²) in [5.74, 6) is 0.624. The second-order valence-electron chi connectivity index (χ2n) is 3.89. The van der Waals surface area contributed by atoms with Gasteiger partial charge in [-0.25, -0.2) is 0 Å². The molecule has 0 spiro atoms. The normalized spacial score (nSPS) is 20.6. The second kappa shape index (κ2) is 4.53. The highest BCUT2D eigenvalue weighted by molar-refractivity contribution is 5.15. The summed E-state index contributed by atoms with van der Waals surface area (Å²) < 4.78 is 0. The van der Waals surface area contributed by atoms with Gasteiger partial charge in [0.05, 0.1) is 0 Å². The van der Waals surface area contributed by atoms with Crippen LogP contribution >= 0.6 is 0 Å². The molecule has 0 bridgehead atoms. The van der Waals surface area contributed by atoms with Crippen LogP contribution in [0.15, 0.2) is 24.5 Å². The summed E-state index contributed by atoms with van der Waals surface area (Å²) >= 11 is 0. The molecule has 0 amide bonds. The number of aromatic nitrogens is 1. The molecular weight excluding hydrogens is 174 g/mol. The van der Waals surface area contributed by atoms with Crippen molar-refractivity contribution in [3.8, 4) is 0 Å². The van der Waals surface area contributed by atoms with Crippen molar-refractivity contribution in [3.05, 3.63) is 30.1 Å². The first kappa shape index (κ1) is 9.62. The van der Waals surface area contributed by atoms with Crippen LogP contribution in [0.4, 0.5) is 0 Å². The highest BCUT2D eigenvalue weighted by Gasteiger charge is 2.21. The lowest BCUT2D eigenvalue weighted by Gasteiger charge is -2.28. The van der Waals surface area contributed by atoms with Crippen LogP contribution in [0.5, 0.6) is 0 Å². The smallest absolute Gasteiger partial charge is 0.0325 e. The third kappa shape index (κ3) is 2.11. The fourth-order valence-electron chi connectivity index (χ4n) is 2.06. The van der Waals surface area contributed by atoms with E-state index in [9.17, 15) is 0 Å². The lowest BCUT2D eigenvalue weighted by Crippen LogP contribution is -2.33. The van der Waals surface area contributed by atoms with Gasteiger partial charge in [-0.15, -0.1) is 0 Å². The molecule has 3 N–H and O–H groups in total. The van der Waals surface area contributed by atoms with Gasteiger partial charge in [-0.3, -0.25) is 4.98 Å². The van der Waals surface area contributed by atoms with Gasteiger partial charge in [-0.05, 0) is 49.5 Å². The van der Waals surface area contributed by atoms with Gasteiger partial charge in [0.15, 0.2) is 0 Å². The zero-order chi connectivity index (χ0) is 9.80. The first-order valence-electron chi connectivity index (χ1n) is 5.24. The molecule has 1 atom stereocenters. The van der Waals surface area contributed by atoms with E-state index < -0.39 is 0 Å². The Morgan fingerprint density at radius 2 is 1.93 bits per heavy atom. The third-order valence-electron chi connectivity index (χ3n) is 2.98. The van der Waals surface area contributed by atoms with Crippen molar-refractivity contribution in [3.63, 3.8) is 0 Å². The lowest BCUT2D eigenvalue weighted by atomic mass is 9.87. The van der Waals surface area contributed by atoms with Crippen molar-refractivity contribution in [1.29, 1.82) is 0 Å². The lowest BCUT2D eigenvalue weighted by molar-refractivity contribution is 0.322. The van der Waals surface area contributed by atoms with Crippen LogP contribution in [-0.2, 0) is 0 Å². The molecule has 1 aromatic heterocycles. The molecule has 0 aliphatic carbocycles. The average Bonchev–Trinajstić information content (AvgIpc) is 2.30. The predicted molar refractivity (Wildman–Crippen MR) is 56.8 cm³/mol. The van der Waals surface area contributed by atoms with Gasteiger partial charge in [0.1, 0.15) is 0 Å². The molecule has 1 aliphatic rings. The summed E-state index contributed by atoms with van der Waals surface area (Å²) in [6, 6.07) is 4.22. The van der Waals surface area contributed by atoms with Crippen molar-refractivity contribution in [2.24, 2.45) is 11.7 Å². The number of piperidine rings is 1. The topological polar surface area (TPSA) is 50.9 Å². The number of hydrogen-bond donors (Lipinski definition) is 2. The molecular formula is C11H17N3. The van der Waals surface area contributed by atoms with Gasteiger partial charge in [0, 0.05) is 18.4 Å². The fraction of sp³-hybridized carbons (Fsp3) is 0.545. The molecule has 76 valence electrons. The molecule has 2 heterocycles.